The van der Waals surface area contributed by atoms with Gasteiger partial charge in [-0.1, -0.05) is 36.7 Å². The van der Waals surface area contributed by atoms with Crippen molar-refractivity contribution >= 4 is 23.5 Å². The minimum Gasteiger partial charge on any atom is -0.481 e. The molecule has 0 bridgehead atoms. The monoisotopic (exact) mass is 281 g/mol. The molecule has 0 saturated carbocycles. The van der Waals surface area contributed by atoms with Crippen LogP contribution in [0.5, 0.6) is 0 Å². The molecule has 1 unspecified atom stereocenters. The van der Waals surface area contributed by atoms with Gasteiger partial charge in [0.05, 0.1) is 16.5 Å². The molecule has 0 radical (unpaired) electrons. The Hall–Kier alpha value is -1.81. The van der Waals surface area contributed by atoms with E-state index in [4.69, 9.17) is 16.7 Å². The lowest BCUT2D eigenvalue weighted by molar-refractivity contribution is -0.141. The van der Waals surface area contributed by atoms with Gasteiger partial charge in [0.25, 0.3) is 5.91 Å². The molecule has 5 heteroatoms. The van der Waals surface area contributed by atoms with Crippen LogP contribution in [0.4, 0.5) is 0 Å². The highest BCUT2D eigenvalue weighted by Gasteiger charge is 2.22. The minimum absolute atomic E-state index is 0.116. The lowest BCUT2D eigenvalue weighted by atomic mass is 10.1. The average molecular weight is 282 g/mol. The molecular weight excluding hydrogens is 266 g/mol. The van der Waals surface area contributed by atoms with Crippen molar-refractivity contribution in [3.8, 4) is 0 Å². The Labute approximate surface area is 117 Å². The quantitative estimate of drug-likeness (QED) is 0.816. The van der Waals surface area contributed by atoms with Gasteiger partial charge in [0.2, 0.25) is 0 Å². The first-order chi connectivity index (χ1) is 8.97. The largest absolute Gasteiger partial charge is 0.481 e. The van der Waals surface area contributed by atoms with E-state index in [2.05, 4.69) is 6.58 Å². The van der Waals surface area contributed by atoms with Gasteiger partial charge >= 0.3 is 5.97 Å². The zero-order chi connectivity index (χ0) is 14.4. The molecule has 1 aromatic carbocycles. The topological polar surface area (TPSA) is 57.6 Å². The van der Waals surface area contributed by atoms with Crippen LogP contribution in [0.1, 0.15) is 17.3 Å². The third kappa shape index (κ3) is 4.10. The molecule has 0 heterocycles. The first-order valence-corrected chi connectivity index (χ1v) is 6.22. The number of carboxylic acid groups (broad SMARTS) is 1. The zero-order valence-electron chi connectivity index (χ0n) is 10.7. The van der Waals surface area contributed by atoms with Crippen LogP contribution in [0.2, 0.25) is 5.02 Å². The Morgan fingerprint density at radius 3 is 2.63 bits per heavy atom. The Bertz CT molecular complexity index is 487. The number of halogens is 1. The lowest BCUT2D eigenvalue weighted by Crippen LogP contribution is -2.37. The van der Waals surface area contributed by atoms with Crippen molar-refractivity contribution < 1.29 is 14.7 Å². The Kier molecular flexibility index (Phi) is 5.57. The fourth-order valence-corrected chi connectivity index (χ4v) is 1.83. The molecule has 1 amide bonds. The molecule has 0 spiro atoms. The molecule has 1 aromatic rings. The molecule has 1 atom stereocenters. The predicted octanol–water partition coefficient (Wildman–Crippen LogP) is 2.69. The van der Waals surface area contributed by atoms with Crippen LogP contribution < -0.4 is 0 Å². The second-order valence-electron chi connectivity index (χ2n) is 4.22. The van der Waals surface area contributed by atoms with Crippen molar-refractivity contribution in [3.05, 3.63) is 47.5 Å². The lowest BCUT2D eigenvalue weighted by Gasteiger charge is -2.23. The van der Waals surface area contributed by atoms with Gasteiger partial charge in [0, 0.05) is 13.1 Å². The van der Waals surface area contributed by atoms with Gasteiger partial charge in [0.15, 0.2) is 0 Å². The predicted molar refractivity (Wildman–Crippen MR) is 74.4 cm³/mol. The Balaban J connectivity index is 2.93. The summed E-state index contributed by atoms with van der Waals surface area (Å²) in [6, 6.07) is 6.69. The zero-order valence-corrected chi connectivity index (χ0v) is 11.4. The molecule has 19 heavy (non-hydrogen) atoms. The van der Waals surface area contributed by atoms with Gasteiger partial charge < -0.3 is 10.0 Å². The number of carboxylic acids is 1. The normalized spacial score (nSPS) is 11.7. The molecule has 0 aliphatic rings. The Morgan fingerprint density at radius 2 is 2.11 bits per heavy atom. The second kappa shape index (κ2) is 6.95. The summed E-state index contributed by atoms with van der Waals surface area (Å²) in [6.07, 6.45) is 1.56. The number of hydrogen-bond donors (Lipinski definition) is 1. The van der Waals surface area contributed by atoms with Crippen LogP contribution in [-0.4, -0.2) is 35.0 Å². The van der Waals surface area contributed by atoms with Crippen molar-refractivity contribution in [1.29, 1.82) is 0 Å². The van der Waals surface area contributed by atoms with Gasteiger partial charge in [-0.05, 0) is 12.1 Å². The standard InChI is InChI=1S/C14H16ClNO3/c1-3-8-16(9-10(2)14(18)19)13(17)11-6-4-5-7-12(11)15/h3-7,10H,1,8-9H2,2H3,(H,18,19). The van der Waals surface area contributed by atoms with Gasteiger partial charge in [-0.15, -0.1) is 6.58 Å². The van der Waals surface area contributed by atoms with Crippen molar-refractivity contribution in [2.45, 2.75) is 6.92 Å². The van der Waals surface area contributed by atoms with Crippen molar-refractivity contribution in [2.75, 3.05) is 13.1 Å². The second-order valence-corrected chi connectivity index (χ2v) is 4.63. The molecule has 0 aliphatic heterocycles. The maximum atomic E-state index is 12.3. The number of rotatable bonds is 6. The van der Waals surface area contributed by atoms with Crippen molar-refractivity contribution in [3.63, 3.8) is 0 Å². The summed E-state index contributed by atoms with van der Waals surface area (Å²) in [5.74, 6) is -1.88. The van der Waals surface area contributed by atoms with Gasteiger partial charge in [-0.25, -0.2) is 0 Å². The summed E-state index contributed by atoms with van der Waals surface area (Å²) in [4.78, 5) is 24.6. The molecule has 0 aromatic heterocycles. The number of benzene rings is 1. The molecule has 1 rings (SSSR count). The highest BCUT2D eigenvalue weighted by molar-refractivity contribution is 6.33. The first-order valence-electron chi connectivity index (χ1n) is 5.85. The van der Waals surface area contributed by atoms with Crippen molar-refractivity contribution in [1.82, 2.24) is 4.90 Å². The van der Waals surface area contributed by atoms with Gasteiger partial charge in [-0.2, -0.15) is 0 Å². The smallest absolute Gasteiger partial charge is 0.308 e. The van der Waals surface area contributed by atoms with Gasteiger partial charge in [0.1, 0.15) is 0 Å². The number of aliphatic carboxylic acids is 1. The molecular formula is C14H16ClNO3. The summed E-state index contributed by atoms with van der Waals surface area (Å²) in [5.41, 5.74) is 0.364. The Morgan fingerprint density at radius 1 is 1.47 bits per heavy atom. The van der Waals surface area contributed by atoms with Crippen molar-refractivity contribution in [2.24, 2.45) is 5.92 Å². The number of hydrogen-bond acceptors (Lipinski definition) is 2. The van der Waals surface area contributed by atoms with E-state index >= 15 is 0 Å². The minimum atomic E-state index is -0.943. The summed E-state index contributed by atoms with van der Waals surface area (Å²) in [7, 11) is 0. The van der Waals surface area contributed by atoms with Gasteiger partial charge in [-0.3, -0.25) is 9.59 Å². The van der Waals surface area contributed by atoms with E-state index in [9.17, 15) is 9.59 Å². The molecule has 0 fully saturated rings. The molecule has 0 saturated heterocycles. The van der Waals surface area contributed by atoms with E-state index < -0.39 is 11.9 Å². The van der Waals surface area contributed by atoms with Crippen LogP contribution in [-0.2, 0) is 4.79 Å². The van der Waals surface area contributed by atoms with E-state index in [0.29, 0.717) is 10.6 Å². The molecule has 1 N–H and O–H groups in total. The summed E-state index contributed by atoms with van der Waals surface area (Å²) < 4.78 is 0. The van der Waals surface area contributed by atoms with Crippen LogP contribution in [0.3, 0.4) is 0 Å². The summed E-state index contributed by atoms with van der Waals surface area (Å²) in [6.45, 7) is 5.53. The fourth-order valence-electron chi connectivity index (χ4n) is 1.61. The van der Waals surface area contributed by atoms with Crippen LogP contribution in [0.25, 0.3) is 0 Å². The van der Waals surface area contributed by atoms with Crippen LogP contribution >= 0.6 is 11.6 Å². The maximum absolute atomic E-state index is 12.3. The van der Waals surface area contributed by atoms with E-state index in [1.165, 1.54) is 4.90 Å². The third-order valence-electron chi connectivity index (χ3n) is 2.66. The molecule has 4 nitrogen and oxygen atoms in total. The SMILES string of the molecule is C=CCN(CC(C)C(=O)O)C(=O)c1ccccc1Cl. The number of nitrogens with zero attached hydrogens (tertiary/aromatic N) is 1. The number of carbonyl (C=O) groups excluding carboxylic acids is 1. The molecule has 0 aliphatic carbocycles. The van der Waals surface area contributed by atoms with E-state index in [1.807, 2.05) is 0 Å². The summed E-state index contributed by atoms with van der Waals surface area (Å²) in [5, 5.41) is 9.27. The van der Waals surface area contributed by atoms with Crippen LogP contribution in [0.15, 0.2) is 36.9 Å². The maximum Gasteiger partial charge on any atom is 0.308 e. The number of carbonyl (C=O) groups is 2. The van der Waals surface area contributed by atoms with E-state index in [-0.39, 0.29) is 19.0 Å². The molecule has 102 valence electrons. The third-order valence-corrected chi connectivity index (χ3v) is 2.99. The van der Waals surface area contributed by atoms with Crippen LogP contribution in [0, 0.1) is 5.92 Å². The fraction of sp³-hybridized carbons (Fsp3) is 0.286. The van der Waals surface area contributed by atoms with E-state index in [0.717, 1.165) is 0 Å². The summed E-state index contributed by atoms with van der Waals surface area (Å²) >= 11 is 5.97. The highest BCUT2D eigenvalue weighted by atomic mass is 35.5. The number of amides is 1. The van der Waals surface area contributed by atoms with E-state index in [1.54, 1.807) is 37.3 Å². The highest BCUT2D eigenvalue weighted by Crippen LogP contribution is 2.17. The average Bonchev–Trinajstić information content (AvgIpc) is 2.37. The first kappa shape index (κ1) is 15.2.